The van der Waals surface area contributed by atoms with E-state index in [0.717, 1.165) is 5.92 Å². The minimum Gasteiger partial charge on any atom is -0.0579 e. The van der Waals surface area contributed by atoms with Crippen molar-refractivity contribution in [2.75, 3.05) is 0 Å². The maximum atomic E-state index is 3.08. The van der Waals surface area contributed by atoms with Crippen LogP contribution in [0.3, 0.4) is 0 Å². The van der Waals surface area contributed by atoms with E-state index in [2.05, 4.69) is 25.1 Å². The lowest BCUT2D eigenvalue weighted by molar-refractivity contribution is 1.10. The van der Waals surface area contributed by atoms with Crippen LogP contribution in [-0.2, 0) is 0 Å². The molecule has 0 atom stereocenters. The molecular weight excluding hydrogens is 120 g/mol. The molecular formula is C10H11. The topological polar surface area (TPSA) is 0 Å². The van der Waals surface area contributed by atoms with E-state index in [-0.39, 0.29) is 0 Å². The van der Waals surface area contributed by atoms with Crippen molar-refractivity contribution in [3.63, 3.8) is 0 Å². The van der Waals surface area contributed by atoms with Crippen LogP contribution in [0.5, 0.6) is 0 Å². The number of benzene rings is 1. The fourth-order valence-corrected chi connectivity index (χ4v) is 1.38. The first-order chi connectivity index (χ1) is 4.88. The summed E-state index contributed by atoms with van der Waals surface area (Å²) in [6, 6.07) is 9.38. The summed E-state index contributed by atoms with van der Waals surface area (Å²) in [4.78, 5) is 0. The zero-order valence-electron chi connectivity index (χ0n) is 6.22. The van der Waals surface area contributed by atoms with Crippen LogP contribution in [0, 0.1) is 13.0 Å². The monoisotopic (exact) mass is 131 g/mol. The van der Waals surface area contributed by atoms with Crippen LogP contribution in [0.25, 0.3) is 0 Å². The SMILES string of the molecule is Cc1c[c]ccc1C1CC1. The quantitative estimate of drug-likeness (QED) is 0.549. The molecule has 1 aromatic rings. The van der Waals surface area contributed by atoms with Gasteiger partial charge in [-0.25, -0.2) is 0 Å². The molecule has 51 valence electrons. The van der Waals surface area contributed by atoms with Gasteiger partial charge in [0.1, 0.15) is 0 Å². The van der Waals surface area contributed by atoms with Crippen molar-refractivity contribution in [3.8, 4) is 0 Å². The summed E-state index contributed by atoms with van der Waals surface area (Å²) in [6.07, 6.45) is 2.79. The van der Waals surface area contributed by atoms with E-state index in [1.54, 1.807) is 5.56 Å². The molecule has 0 aromatic heterocycles. The van der Waals surface area contributed by atoms with Crippen LogP contribution in [-0.4, -0.2) is 0 Å². The summed E-state index contributed by atoms with van der Waals surface area (Å²) in [5.41, 5.74) is 2.95. The van der Waals surface area contributed by atoms with Gasteiger partial charge in [-0.15, -0.1) is 0 Å². The van der Waals surface area contributed by atoms with E-state index < -0.39 is 0 Å². The highest BCUT2D eigenvalue weighted by Crippen LogP contribution is 2.41. The minimum atomic E-state index is 0.884. The van der Waals surface area contributed by atoms with Gasteiger partial charge in [0.25, 0.3) is 0 Å². The van der Waals surface area contributed by atoms with E-state index in [4.69, 9.17) is 0 Å². The van der Waals surface area contributed by atoms with Crippen molar-refractivity contribution < 1.29 is 0 Å². The highest BCUT2D eigenvalue weighted by Gasteiger charge is 2.24. The Kier molecular flexibility index (Phi) is 1.26. The molecule has 0 unspecified atom stereocenters. The fraction of sp³-hybridized carbons (Fsp3) is 0.400. The average Bonchev–Trinajstić information content (AvgIpc) is 2.71. The van der Waals surface area contributed by atoms with Crippen molar-refractivity contribution in [3.05, 3.63) is 35.4 Å². The first-order valence-corrected chi connectivity index (χ1v) is 3.84. The molecule has 1 saturated carbocycles. The Morgan fingerprint density at radius 3 is 2.90 bits per heavy atom. The molecule has 0 heteroatoms. The normalized spacial score (nSPS) is 17.3. The van der Waals surface area contributed by atoms with Gasteiger partial charge in [-0.05, 0) is 42.9 Å². The summed E-state index contributed by atoms with van der Waals surface area (Å²) in [7, 11) is 0. The predicted octanol–water partition coefficient (Wildman–Crippen LogP) is 2.67. The minimum absolute atomic E-state index is 0.884. The van der Waals surface area contributed by atoms with E-state index in [9.17, 15) is 0 Å². The predicted molar refractivity (Wildman–Crippen MR) is 42.0 cm³/mol. The van der Waals surface area contributed by atoms with E-state index in [1.807, 2.05) is 6.07 Å². The maximum absolute atomic E-state index is 3.08. The molecule has 1 fully saturated rings. The van der Waals surface area contributed by atoms with Gasteiger partial charge in [-0.1, -0.05) is 18.2 Å². The Bertz CT molecular complexity index is 234. The Labute approximate surface area is 61.9 Å². The third-order valence-electron chi connectivity index (χ3n) is 2.13. The Morgan fingerprint density at radius 1 is 1.50 bits per heavy atom. The van der Waals surface area contributed by atoms with Crippen LogP contribution in [0.2, 0.25) is 0 Å². The van der Waals surface area contributed by atoms with Gasteiger partial charge < -0.3 is 0 Å². The largest absolute Gasteiger partial charge is 0.0579 e. The summed E-state index contributed by atoms with van der Waals surface area (Å²) in [5, 5.41) is 0. The summed E-state index contributed by atoms with van der Waals surface area (Å²) < 4.78 is 0. The lowest BCUT2D eigenvalue weighted by Gasteiger charge is -2.00. The lowest BCUT2D eigenvalue weighted by atomic mass is 10.1. The van der Waals surface area contributed by atoms with E-state index in [0.29, 0.717) is 0 Å². The molecule has 1 aromatic carbocycles. The standard InChI is InChI=1S/C10H11/c1-8-4-2-3-5-10(8)9-6-7-9/h3-5,9H,6-7H2,1H3. The van der Waals surface area contributed by atoms with Crippen LogP contribution in [0.15, 0.2) is 18.2 Å². The van der Waals surface area contributed by atoms with Gasteiger partial charge in [0, 0.05) is 0 Å². The molecule has 2 rings (SSSR count). The highest BCUT2D eigenvalue weighted by molar-refractivity contribution is 5.31. The van der Waals surface area contributed by atoms with Crippen LogP contribution >= 0.6 is 0 Å². The Hall–Kier alpha value is -0.780. The lowest BCUT2D eigenvalue weighted by Crippen LogP contribution is -1.82. The summed E-state index contributed by atoms with van der Waals surface area (Å²) in [6.45, 7) is 2.17. The van der Waals surface area contributed by atoms with Crippen LogP contribution in [0.1, 0.15) is 29.9 Å². The smallest absolute Gasteiger partial charge is 0.0159 e. The number of rotatable bonds is 1. The molecule has 1 radical (unpaired) electrons. The molecule has 0 saturated heterocycles. The molecule has 0 aliphatic heterocycles. The second kappa shape index (κ2) is 2.12. The zero-order valence-corrected chi connectivity index (χ0v) is 6.22. The molecule has 0 nitrogen and oxygen atoms in total. The van der Waals surface area contributed by atoms with Gasteiger partial charge in [0.2, 0.25) is 0 Å². The van der Waals surface area contributed by atoms with Crippen molar-refractivity contribution in [2.24, 2.45) is 0 Å². The number of hydrogen-bond acceptors (Lipinski definition) is 0. The van der Waals surface area contributed by atoms with Gasteiger partial charge in [0.05, 0.1) is 0 Å². The summed E-state index contributed by atoms with van der Waals surface area (Å²) >= 11 is 0. The van der Waals surface area contributed by atoms with Crippen LogP contribution < -0.4 is 0 Å². The van der Waals surface area contributed by atoms with Crippen molar-refractivity contribution in [1.82, 2.24) is 0 Å². The van der Waals surface area contributed by atoms with Gasteiger partial charge in [0.15, 0.2) is 0 Å². The molecule has 10 heavy (non-hydrogen) atoms. The number of aryl methyl sites for hydroxylation is 1. The van der Waals surface area contributed by atoms with E-state index >= 15 is 0 Å². The molecule has 1 aliphatic rings. The third-order valence-corrected chi connectivity index (χ3v) is 2.13. The van der Waals surface area contributed by atoms with Crippen molar-refractivity contribution in [2.45, 2.75) is 25.7 Å². The molecule has 0 amide bonds. The molecule has 0 N–H and O–H groups in total. The van der Waals surface area contributed by atoms with Crippen molar-refractivity contribution in [1.29, 1.82) is 0 Å². The molecule has 0 spiro atoms. The first-order valence-electron chi connectivity index (χ1n) is 3.84. The van der Waals surface area contributed by atoms with E-state index in [1.165, 1.54) is 18.4 Å². The first kappa shape index (κ1) is 5.96. The second-order valence-corrected chi connectivity index (χ2v) is 3.06. The highest BCUT2D eigenvalue weighted by atomic mass is 14.3. The Balaban J connectivity index is 2.39. The zero-order chi connectivity index (χ0) is 6.97. The molecule has 1 aliphatic carbocycles. The molecule has 0 bridgehead atoms. The fourth-order valence-electron chi connectivity index (χ4n) is 1.38. The van der Waals surface area contributed by atoms with Gasteiger partial charge in [-0.3, -0.25) is 0 Å². The molecule has 0 heterocycles. The summed E-state index contributed by atoms with van der Waals surface area (Å²) in [5.74, 6) is 0.884. The van der Waals surface area contributed by atoms with Gasteiger partial charge >= 0.3 is 0 Å². The van der Waals surface area contributed by atoms with Crippen LogP contribution in [0.4, 0.5) is 0 Å². The average molecular weight is 131 g/mol. The Morgan fingerprint density at radius 2 is 2.30 bits per heavy atom. The van der Waals surface area contributed by atoms with Gasteiger partial charge in [-0.2, -0.15) is 0 Å². The second-order valence-electron chi connectivity index (χ2n) is 3.06. The third kappa shape index (κ3) is 0.942. The maximum Gasteiger partial charge on any atom is -0.0159 e. The number of hydrogen-bond donors (Lipinski definition) is 0. The van der Waals surface area contributed by atoms with Crippen molar-refractivity contribution >= 4 is 0 Å².